The summed E-state index contributed by atoms with van der Waals surface area (Å²) < 4.78 is 10.5. The molecule has 5 heteroatoms. The Kier molecular flexibility index (Phi) is 3.15. The second kappa shape index (κ2) is 4.55. The first kappa shape index (κ1) is 14.5. The maximum atomic E-state index is 12.7. The second-order valence-corrected chi connectivity index (χ2v) is 7.17. The van der Waals surface area contributed by atoms with E-state index in [9.17, 15) is 14.4 Å². The summed E-state index contributed by atoms with van der Waals surface area (Å²) in [4.78, 5) is 36.9. The van der Waals surface area contributed by atoms with E-state index in [0.717, 1.165) is 6.42 Å². The molecule has 0 unspecified atom stereocenters. The summed E-state index contributed by atoms with van der Waals surface area (Å²) in [5.41, 5.74) is -0.975. The summed E-state index contributed by atoms with van der Waals surface area (Å²) in [6.07, 6.45) is 1.66. The highest BCUT2D eigenvalue weighted by Crippen LogP contribution is 2.69. The first-order valence-corrected chi connectivity index (χ1v) is 7.72. The van der Waals surface area contributed by atoms with Crippen LogP contribution >= 0.6 is 0 Å². The molecule has 0 N–H and O–H groups in total. The molecule has 1 saturated heterocycles. The van der Waals surface area contributed by atoms with Crippen LogP contribution in [0.25, 0.3) is 0 Å². The number of ether oxygens (including phenoxy) is 2. The van der Waals surface area contributed by atoms with Crippen LogP contribution in [0.15, 0.2) is 0 Å². The van der Waals surface area contributed by atoms with Gasteiger partial charge in [0.2, 0.25) is 0 Å². The van der Waals surface area contributed by atoms with Gasteiger partial charge in [-0.3, -0.25) is 9.59 Å². The van der Waals surface area contributed by atoms with Crippen LogP contribution in [-0.4, -0.2) is 30.4 Å². The van der Waals surface area contributed by atoms with Crippen molar-refractivity contribution in [2.75, 3.05) is 6.61 Å². The molecular weight excluding hydrogens is 272 g/mol. The molecule has 2 saturated carbocycles. The van der Waals surface area contributed by atoms with Gasteiger partial charge in [0.25, 0.3) is 0 Å². The van der Waals surface area contributed by atoms with Gasteiger partial charge in [-0.05, 0) is 37.5 Å². The molecule has 1 spiro atoms. The Morgan fingerprint density at radius 2 is 1.90 bits per heavy atom. The van der Waals surface area contributed by atoms with Crippen molar-refractivity contribution in [3.63, 3.8) is 0 Å². The number of cyclic esters (lactones) is 2. The highest BCUT2D eigenvalue weighted by Gasteiger charge is 2.73. The minimum atomic E-state index is -0.896. The molecule has 4 atom stereocenters. The molecule has 5 nitrogen and oxygen atoms in total. The van der Waals surface area contributed by atoms with Crippen LogP contribution in [0.2, 0.25) is 0 Å². The molecule has 21 heavy (non-hydrogen) atoms. The number of hydrogen-bond donors (Lipinski definition) is 0. The molecule has 2 aliphatic carbocycles. The third-order valence-electron chi connectivity index (χ3n) is 5.76. The molecule has 0 aromatic heterocycles. The number of carbonyl (C=O) groups excluding carboxylic acids is 3. The number of carbonyl (C=O) groups is 3. The van der Waals surface area contributed by atoms with Crippen LogP contribution in [0.5, 0.6) is 0 Å². The average molecular weight is 294 g/mol. The van der Waals surface area contributed by atoms with E-state index in [1.807, 2.05) is 13.8 Å². The van der Waals surface area contributed by atoms with Crippen LogP contribution in [0.1, 0.15) is 46.5 Å². The van der Waals surface area contributed by atoms with E-state index in [1.54, 1.807) is 0 Å². The Balaban J connectivity index is 2.02. The fourth-order valence-corrected chi connectivity index (χ4v) is 5.06. The van der Waals surface area contributed by atoms with E-state index in [0.29, 0.717) is 19.3 Å². The van der Waals surface area contributed by atoms with Gasteiger partial charge >= 0.3 is 11.9 Å². The van der Waals surface area contributed by atoms with Crippen molar-refractivity contribution in [2.45, 2.75) is 52.6 Å². The van der Waals surface area contributed by atoms with E-state index < -0.39 is 17.5 Å². The lowest BCUT2D eigenvalue weighted by atomic mass is 9.35. The number of esters is 2. The number of rotatable bonds is 0. The summed E-state index contributed by atoms with van der Waals surface area (Å²) in [5, 5.41) is 0. The van der Waals surface area contributed by atoms with Crippen LogP contribution < -0.4 is 0 Å². The first-order chi connectivity index (χ1) is 9.81. The molecule has 3 rings (SSSR count). The Labute approximate surface area is 124 Å². The maximum absolute atomic E-state index is 12.7. The molecule has 1 aliphatic heterocycles. The number of Topliss-reactive ketones (excluding diaryl/α,β-unsaturated/α-hetero) is 1. The van der Waals surface area contributed by atoms with Gasteiger partial charge < -0.3 is 9.47 Å². The molecule has 116 valence electrons. The molecular formula is C16H22O5. The van der Waals surface area contributed by atoms with Gasteiger partial charge in [-0.2, -0.15) is 0 Å². The fourth-order valence-electron chi connectivity index (χ4n) is 5.06. The summed E-state index contributed by atoms with van der Waals surface area (Å²) in [6.45, 7) is 5.90. The summed E-state index contributed by atoms with van der Waals surface area (Å²) in [6, 6.07) is 0. The van der Waals surface area contributed by atoms with E-state index >= 15 is 0 Å². The van der Waals surface area contributed by atoms with E-state index in [4.69, 9.17) is 9.47 Å². The van der Waals surface area contributed by atoms with Gasteiger partial charge in [-0.15, -0.1) is 0 Å². The van der Waals surface area contributed by atoms with Crippen molar-refractivity contribution >= 4 is 17.7 Å². The van der Waals surface area contributed by atoms with Gasteiger partial charge in [0.15, 0.2) is 6.10 Å². The Bertz CT molecular complexity index is 509. The molecule has 0 aromatic carbocycles. The Morgan fingerprint density at radius 3 is 2.62 bits per heavy atom. The number of hydrogen-bond acceptors (Lipinski definition) is 5. The SMILES string of the molecule is C[C@@H]1OC(=O)[C@@]23CCCC(=O)[C@@H]2C(C)(C)[C@H]3CCOC1=O. The van der Waals surface area contributed by atoms with Crippen LogP contribution in [-0.2, 0) is 23.9 Å². The van der Waals surface area contributed by atoms with Crippen LogP contribution in [0.3, 0.4) is 0 Å². The lowest BCUT2D eigenvalue weighted by Gasteiger charge is -2.66. The zero-order valence-corrected chi connectivity index (χ0v) is 12.8. The predicted octanol–water partition coefficient (Wildman–Crippen LogP) is 1.88. The lowest BCUT2D eigenvalue weighted by Crippen LogP contribution is -2.70. The monoisotopic (exact) mass is 294 g/mol. The largest absolute Gasteiger partial charge is 0.463 e. The van der Waals surface area contributed by atoms with Gasteiger partial charge in [-0.25, -0.2) is 4.79 Å². The Morgan fingerprint density at radius 1 is 1.19 bits per heavy atom. The van der Waals surface area contributed by atoms with E-state index in [-0.39, 0.29) is 35.6 Å². The van der Waals surface area contributed by atoms with Gasteiger partial charge in [0, 0.05) is 12.3 Å². The third-order valence-corrected chi connectivity index (χ3v) is 5.76. The molecule has 0 bridgehead atoms. The van der Waals surface area contributed by atoms with E-state index in [2.05, 4.69) is 0 Å². The quantitative estimate of drug-likeness (QED) is 0.638. The summed E-state index contributed by atoms with van der Waals surface area (Å²) in [5.74, 6) is -0.964. The highest BCUT2D eigenvalue weighted by atomic mass is 16.6. The Hall–Kier alpha value is -1.39. The van der Waals surface area contributed by atoms with Crippen LogP contribution in [0, 0.1) is 22.7 Å². The van der Waals surface area contributed by atoms with Crippen molar-refractivity contribution in [1.29, 1.82) is 0 Å². The zero-order chi connectivity index (χ0) is 15.4. The van der Waals surface area contributed by atoms with Crippen molar-refractivity contribution in [3.8, 4) is 0 Å². The molecule has 3 fully saturated rings. The third kappa shape index (κ3) is 1.79. The van der Waals surface area contributed by atoms with Crippen molar-refractivity contribution in [3.05, 3.63) is 0 Å². The minimum Gasteiger partial charge on any atom is -0.463 e. The summed E-state index contributed by atoms with van der Waals surface area (Å²) in [7, 11) is 0. The van der Waals surface area contributed by atoms with Gasteiger partial charge in [-0.1, -0.05) is 13.8 Å². The molecule has 0 aromatic rings. The van der Waals surface area contributed by atoms with Gasteiger partial charge in [0.05, 0.1) is 12.0 Å². The lowest BCUT2D eigenvalue weighted by molar-refractivity contribution is -0.225. The summed E-state index contributed by atoms with van der Waals surface area (Å²) >= 11 is 0. The smallest absolute Gasteiger partial charge is 0.347 e. The van der Waals surface area contributed by atoms with Crippen molar-refractivity contribution in [1.82, 2.24) is 0 Å². The van der Waals surface area contributed by atoms with Crippen LogP contribution in [0.4, 0.5) is 0 Å². The second-order valence-electron chi connectivity index (χ2n) is 7.17. The predicted molar refractivity (Wildman–Crippen MR) is 73.2 cm³/mol. The molecule has 3 aliphatic rings. The van der Waals surface area contributed by atoms with Crippen molar-refractivity contribution < 1.29 is 23.9 Å². The van der Waals surface area contributed by atoms with Crippen molar-refractivity contribution in [2.24, 2.45) is 22.7 Å². The standard InChI is InChI=1S/C16H22O5/c1-9-13(18)20-8-6-11-15(2,3)12-10(17)5-4-7-16(11,12)14(19)21-9/h9,11-12H,4-8H2,1-3H3/t9-,11+,12+,16+/m0/s1. The maximum Gasteiger partial charge on any atom is 0.347 e. The zero-order valence-electron chi connectivity index (χ0n) is 12.8. The highest BCUT2D eigenvalue weighted by molar-refractivity contribution is 5.94. The molecule has 0 amide bonds. The number of ketones is 1. The fraction of sp³-hybridized carbons (Fsp3) is 0.812. The molecule has 0 radical (unpaired) electrons. The first-order valence-electron chi connectivity index (χ1n) is 7.72. The normalized spacial score (nSPS) is 42.2. The average Bonchev–Trinajstić information content (AvgIpc) is 2.44. The topological polar surface area (TPSA) is 69.7 Å². The van der Waals surface area contributed by atoms with Gasteiger partial charge in [0.1, 0.15) is 5.78 Å². The molecule has 1 heterocycles. The minimum absolute atomic E-state index is 0.0323. The van der Waals surface area contributed by atoms with E-state index in [1.165, 1.54) is 6.92 Å².